The van der Waals surface area contributed by atoms with Gasteiger partial charge in [-0.05, 0) is 36.6 Å². The summed E-state index contributed by atoms with van der Waals surface area (Å²) in [5, 5.41) is 0. The van der Waals surface area contributed by atoms with Crippen LogP contribution in [0, 0.1) is 0 Å². The van der Waals surface area contributed by atoms with Gasteiger partial charge in [0.05, 0.1) is 25.5 Å². The minimum absolute atomic E-state index is 0.118. The normalized spacial score (nSPS) is 13.7. The Hall–Kier alpha value is -2.36. The molecule has 0 saturated heterocycles. The summed E-state index contributed by atoms with van der Waals surface area (Å²) in [5.74, 6) is 1.49. The number of hydrogen-bond donors (Lipinski definition) is 0. The molecular weight excluding hydrogens is 266 g/mol. The van der Waals surface area contributed by atoms with Gasteiger partial charge in [0.15, 0.2) is 5.78 Å². The Morgan fingerprint density at radius 2 is 1.71 bits per heavy atom. The van der Waals surface area contributed by atoms with E-state index in [1.165, 1.54) is 0 Å². The SMILES string of the molecule is COc1cccc(OC)c1-c1ccc2c(n1)C(=O)CCC2. The molecule has 4 nitrogen and oxygen atoms in total. The van der Waals surface area contributed by atoms with E-state index in [1.807, 2.05) is 30.3 Å². The number of ketones is 1. The van der Waals surface area contributed by atoms with E-state index in [1.54, 1.807) is 14.2 Å². The quantitative estimate of drug-likeness (QED) is 0.867. The van der Waals surface area contributed by atoms with Crippen molar-refractivity contribution in [2.24, 2.45) is 0 Å². The number of rotatable bonds is 3. The number of carbonyl (C=O) groups excluding carboxylic acids is 1. The lowest BCUT2D eigenvalue weighted by Crippen LogP contribution is -2.13. The van der Waals surface area contributed by atoms with E-state index in [2.05, 4.69) is 4.98 Å². The van der Waals surface area contributed by atoms with Crippen LogP contribution in [0.5, 0.6) is 11.5 Å². The second-order valence-electron chi connectivity index (χ2n) is 5.02. The standard InChI is InChI=1S/C17H17NO3/c1-20-14-7-4-8-15(21-2)16(14)12-10-9-11-5-3-6-13(19)17(11)18-12/h4,7-10H,3,5-6H2,1-2H3. The Labute approximate surface area is 123 Å². The molecule has 0 unspecified atom stereocenters. The second kappa shape index (κ2) is 5.56. The van der Waals surface area contributed by atoms with Crippen molar-refractivity contribution in [2.45, 2.75) is 19.3 Å². The Morgan fingerprint density at radius 1 is 1.00 bits per heavy atom. The highest BCUT2D eigenvalue weighted by Crippen LogP contribution is 2.38. The van der Waals surface area contributed by atoms with Gasteiger partial charge in [-0.25, -0.2) is 4.98 Å². The van der Waals surface area contributed by atoms with Crippen molar-refractivity contribution in [3.8, 4) is 22.8 Å². The highest BCUT2D eigenvalue weighted by molar-refractivity contribution is 5.97. The first kappa shape index (κ1) is 13.6. The maximum atomic E-state index is 12.1. The van der Waals surface area contributed by atoms with Gasteiger partial charge >= 0.3 is 0 Å². The molecule has 0 N–H and O–H groups in total. The summed E-state index contributed by atoms with van der Waals surface area (Å²) < 4.78 is 10.8. The summed E-state index contributed by atoms with van der Waals surface area (Å²) in [7, 11) is 3.23. The molecule has 1 aromatic heterocycles. The number of methoxy groups -OCH3 is 2. The molecule has 0 radical (unpaired) electrons. The fourth-order valence-electron chi connectivity index (χ4n) is 2.73. The lowest BCUT2D eigenvalue weighted by Gasteiger charge is -2.17. The van der Waals surface area contributed by atoms with Gasteiger partial charge in [-0.2, -0.15) is 0 Å². The number of benzene rings is 1. The van der Waals surface area contributed by atoms with E-state index in [0.29, 0.717) is 29.3 Å². The van der Waals surface area contributed by atoms with Gasteiger partial charge in [0, 0.05) is 6.42 Å². The Morgan fingerprint density at radius 3 is 2.38 bits per heavy atom. The van der Waals surface area contributed by atoms with Crippen molar-refractivity contribution in [1.82, 2.24) is 4.98 Å². The fraction of sp³-hybridized carbons (Fsp3) is 0.294. The van der Waals surface area contributed by atoms with Crippen LogP contribution in [0.15, 0.2) is 30.3 Å². The number of nitrogens with zero attached hydrogens (tertiary/aromatic N) is 1. The monoisotopic (exact) mass is 283 g/mol. The minimum atomic E-state index is 0.118. The summed E-state index contributed by atoms with van der Waals surface area (Å²) in [6, 6.07) is 9.50. The first-order chi connectivity index (χ1) is 10.2. The van der Waals surface area contributed by atoms with Crippen molar-refractivity contribution in [2.75, 3.05) is 14.2 Å². The molecule has 0 aliphatic heterocycles. The van der Waals surface area contributed by atoms with Crippen LogP contribution in [0.1, 0.15) is 28.9 Å². The van der Waals surface area contributed by atoms with Crippen LogP contribution in [0.4, 0.5) is 0 Å². The highest BCUT2D eigenvalue weighted by atomic mass is 16.5. The average molecular weight is 283 g/mol. The zero-order valence-corrected chi connectivity index (χ0v) is 12.2. The van der Waals surface area contributed by atoms with Gasteiger partial charge in [-0.15, -0.1) is 0 Å². The van der Waals surface area contributed by atoms with Crippen molar-refractivity contribution in [3.63, 3.8) is 0 Å². The number of aryl methyl sites for hydroxylation is 1. The summed E-state index contributed by atoms with van der Waals surface area (Å²) in [6.45, 7) is 0. The molecule has 0 bridgehead atoms. The number of fused-ring (bicyclic) bond motifs is 1. The third-order valence-corrected chi connectivity index (χ3v) is 3.78. The molecule has 21 heavy (non-hydrogen) atoms. The van der Waals surface area contributed by atoms with E-state index in [4.69, 9.17) is 9.47 Å². The molecule has 1 aliphatic rings. The van der Waals surface area contributed by atoms with Gasteiger partial charge in [-0.1, -0.05) is 12.1 Å². The molecule has 1 heterocycles. The van der Waals surface area contributed by atoms with Gasteiger partial charge in [-0.3, -0.25) is 4.79 Å². The molecule has 0 saturated carbocycles. The summed E-state index contributed by atoms with van der Waals surface area (Å²) in [4.78, 5) is 16.6. The van der Waals surface area contributed by atoms with Crippen LogP contribution < -0.4 is 9.47 Å². The number of ether oxygens (including phenoxy) is 2. The minimum Gasteiger partial charge on any atom is -0.496 e. The van der Waals surface area contributed by atoms with Crippen LogP contribution in [0.25, 0.3) is 11.3 Å². The van der Waals surface area contributed by atoms with Gasteiger partial charge in [0.2, 0.25) is 0 Å². The lowest BCUT2D eigenvalue weighted by molar-refractivity contribution is 0.0967. The summed E-state index contributed by atoms with van der Waals surface area (Å²) in [6.07, 6.45) is 2.40. The fourth-order valence-corrected chi connectivity index (χ4v) is 2.73. The van der Waals surface area contributed by atoms with Crippen LogP contribution in [-0.2, 0) is 6.42 Å². The maximum Gasteiger partial charge on any atom is 0.181 e. The maximum absolute atomic E-state index is 12.1. The van der Waals surface area contributed by atoms with Gasteiger partial charge < -0.3 is 9.47 Å². The van der Waals surface area contributed by atoms with Crippen LogP contribution >= 0.6 is 0 Å². The van der Waals surface area contributed by atoms with Crippen molar-refractivity contribution in [1.29, 1.82) is 0 Å². The number of pyridine rings is 1. The average Bonchev–Trinajstić information content (AvgIpc) is 2.54. The molecule has 0 fully saturated rings. The smallest absolute Gasteiger partial charge is 0.181 e. The molecule has 108 valence electrons. The molecule has 1 aliphatic carbocycles. The lowest BCUT2D eigenvalue weighted by atomic mass is 9.94. The van der Waals surface area contributed by atoms with Crippen LogP contribution in [-0.4, -0.2) is 25.0 Å². The molecule has 0 atom stereocenters. The number of Topliss-reactive ketones (excluding diaryl/α,β-unsaturated/α-hetero) is 1. The third kappa shape index (κ3) is 2.37. The predicted octanol–water partition coefficient (Wildman–Crippen LogP) is 3.28. The molecular formula is C17H17NO3. The van der Waals surface area contributed by atoms with Gasteiger partial charge in [0.25, 0.3) is 0 Å². The van der Waals surface area contributed by atoms with E-state index < -0.39 is 0 Å². The first-order valence-electron chi connectivity index (χ1n) is 6.99. The number of aromatic nitrogens is 1. The molecule has 2 aromatic rings. The van der Waals surface area contributed by atoms with E-state index in [-0.39, 0.29) is 5.78 Å². The van der Waals surface area contributed by atoms with Crippen molar-refractivity contribution >= 4 is 5.78 Å². The van der Waals surface area contributed by atoms with Gasteiger partial charge in [0.1, 0.15) is 17.2 Å². The summed E-state index contributed by atoms with van der Waals surface area (Å²) in [5.41, 5.74) is 3.11. The summed E-state index contributed by atoms with van der Waals surface area (Å²) >= 11 is 0. The van der Waals surface area contributed by atoms with E-state index >= 15 is 0 Å². The van der Waals surface area contributed by atoms with E-state index in [0.717, 1.165) is 24.0 Å². The predicted molar refractivity (Wildman–Crippen MR) is 80.0 cm³/mol. The Bertz CT molecular complexity index is 672. The molecule has 4 heteroatoms. The number of carbonyl (C=O) groups is 1. The molecule has 0 amide bonds. The first-order valence-corrected chi connectivity index (χ1v) is 6.99. The van der Waals surface area contributed by atoms with Crippen molar-refractivity contribution in [3.05, 3.63) is 41.6 Å². The topological polar surface area (TPSA) is 48.4 Å². The van der Waals surface area contributed by atoms with Crippen molar-refractivity contribution < 1.29 is 14.3 Å². The zero-order chi connectivity index (χ0) is 14.8. The second-order valence-corrected chi connectivity index (χ2v) is 5.02. The Balaban J connectivity index is 2.17. The molecule has 1 aromatic carbocycles. The molecule has 3 rings (SSSR count). The third-order valence-electron chi connectivity index (χ3n) is 3.78. The highest BCUT2D eigenvalue weighted by Gasteiger charge is 2.21. The van der Waals surface area contributed by atoms with E-state index in [9.17, 15) is 4.79 Å². The number of hydrogen-bond acceptors (Lipinski definition) is 4. The van der Waals surface area contributed by atoms with Crippen LogP contribution in [0.2, 0.25) is 0 Å². The Kier molecular flexibility index (Phi) is 3.60. The largest absolute Gasteiger partial charge is 0.496 e. The molecule has 0 spiro atoms. The zero-order valence-electron chi connectivity index (χ0n) is 12.2. The van der Waals surface area contributed by atoms with Crippen LogP contribution in [0.3, 0.4) is 0 Å².